The van der Waals surface area contributed by atoms with E-state index in [2.05, 4.69) is 0 Å². The first kappa shape index (κ1) is 13.4. The summed E-state index contributed by atoms with van der Waals surface area (Å²) in [5.74, 6) is -0.799. The van der Waals surface area contributed by atoms with Crippen LogP contribution in [0.2, 0.25) is 0 Å². The van der Waals surface area contributed by atoms with Gasteiger partial charge in [-0.15, -0.1) is 0 Å². The van der Waals surface area contributed by atoms with Crippen LogP contribution in [-0.2, 0) is 0 Å². The van der Waals surface area contributed by atoms with Crippen LogP contribution < -0.4 is 0 Å². The van der Waals surface area contributed by atoms with Crippen LogP contribution in [0.25, 0.3) is 0 Å². The van der Waals surface area contributed by atoms with E-state index < -0.39 is 16.4 Å². The van der Waals surface area contributed by atoms with E-state index in [1.807, 2.05) is 13.8 Å². The average Bonchev–Trinajstić information content (AvgIpc) is 2.08. The molecule has 0 saturated heterocycles. The van der Waals surface area contributed by atoms with Gasteiger partial charge in [-0.3, -0.25) is 10.1 Å². The first-order valence-corrected chi connectivity index (χ1v) is 3.76. The predicted octanol–water partition coefficient (Wildman–Crippen LogP) is 3.07. The Hall–Kier alpha value is -1.19. The smallest absolute Gasteiger partial charge is 0.258 e. The van der Waals surface area contributed by atoms with E-state index in [9.17, 15) is 14.5 Å². The second-order valence-electron chi connectivity index (χ2n) is 1.57. The molecule has 0 N–H and O–H groups in total. The van der Waals surface area contributed by atoms with Crippen LogP contribution in [0.3, 0.4) is 0 Å². The van der Waals surface area contributed by atoms with Crippen molar-refractivity contribution in [2.75, 3.05) is 0 Å². The van der Waals surface area contributed by atoms with Gasteiger partial charge >= 0.3 is 0 Å². The van der Waals surface area contributed by atoms with E-state index in [-0.39, 0.29) is 0 Å². The minimum absolute atomic E-state index is 0.484. The van der Waals surface area contributed by atoms with Gasteiger partial charge in [-0.25, -0.2) is 0 Å². The fourth-order valence-corrected chi connectivity index (χ4v) is 0.478. The molecule has 0 aromatic heterocycles. The predicted molar refractivity (Wildman–Crippen MR) is 47.0 cm³/mol. The molecular weight excluding hydrogens is 161 g/mol. The maximum Gasteiger partial charge on any atom is 0.300 e. The van der Waals surface area contributed by atoms with Crippen LogP contribution in [0.4, 0.5) is 4.39 Å². The molecule has 12 heavy (non-hydrogen) atoms. The molecule has 0 heterocycles. The number of allylic oxidation sites excluding steroid dienone is 3. The van der Waals surface area contributed by atoms with E-state index in [1.165, 1.54) is 13.8 Å². The Balaban J connectivity index is 0. The van der Waals surface area contributed by atoms with Crippen LogP contribution in [0.1, 0.15) is 27.7 Å². The minimum atomic E-state index is -0.799. The Morgan fingerprint density at radius 3 is 1.83 bits per heavy atom. The maximum atomic E-state index is 12.4. The van der Waals surface area contributed by atoms with Crippen molar-refractivity contribution in [2.24, 2.45) is 0 Å². The fraction of sp³-hybridized carbons (Fsp3) is 0.500. The molecule has 0 aliphatic carbocycles. The molecule has 3 nitrogen and oxygen atoms in total. The average molecular weight is 175 g/mol. The van der Waals surface area contributed by atoms with Crippen LogP contribution in [0.5, 0.6) is 0 Å². The lowest BCUT2D eigenvalue weighted by molar-refractivity contribution is -0.422. The molecule has 0 aromatic rings. The second kappa shape index (κ2) is 7.91. The third-order valence-electron chi connectivity index (χ3n) is 0.968. The number of hydrogen-bond donors (Lipinski definition) is 0. The van der Waals surface area contributed by atoms with Crippen molar-refractivity contribution >= 4 is 0 Å². The lowest BCUT2D eigenvalue weighted by Gasteiger charge is -1.90. The van der Waals surface area contributed by atoms with Gasteiger partial charge in [-0.2, -0.15) is 4.39 Å². The monoisotopic (exact) mass is 175 g/mol. The highest BCUT2D eigenvalue weighted by atomic mass is 19.1. The van der Waals surface area contributed by atoms with Crippen molar-refractivity contribution in [2.45, 2.75) is 27.7 Å². The van der Waals surface area contributed by atoms with Crippen molar-refractivity contribution < 1.29 is 9.31 Å². The normalized spacial score (nSPS) is 11.8. The number of nitrogens with zero attached hydrogens (tertiary/aromatic N) is 1. The third-order valence-corrected chi connectivity index (χ3v) is 0.968. The van der Waals surface area contributed by atoms with Gasteiger partial charge < -0.3 is 0 Å². The molecule has 0 bridgehead atoms. The van der Waals surface area contributed by atoms with Crippen LogP contribution >= 0.6 is 0 Å². The Labute approximate surface area is 71.7 Å². The fourth-order valence-electron chi connectivity index (χ4n) is 0.478. The summed E-state index contributed by atoms with van der Waals surface area (Å²) >= 11 is 0. The van der Waals surface area contributed by atoms with Gasteiger partial charge in [-0.05, 0) is 26.0 Å². The van der Waals surface area contributed by atoms with Gasteiger partial charge in [0, 0.05) is 0 Å². The molecule has 0 aromatic carbocycles. The Kier molecular flexibility index (Phi) is 8.84. The number of hydrogen-bond acceptors (Lipinski definition) is 2. The molecule has 0 unspecified atom stereocenters. The Bertz CT molecular complexity index is 197. The largest absolute Gasteiger partial charge is 0.300 e. The zero-order valence-corrected chi connectivity index (χ0v) is 7.80. The summed E-state index contributed by atoms with van der Waals surface area (Å²) in [5, 5.41) is 9.99. The number of rotatable bonds is 2. The molecule has 0 fully saturated rings. The zero-order valence-electron chi connectivity index (χ0n) is 7.80. The summed E-state index contributed by atoms with van der Waals surface area (Å²) in [5.41, 5.74) is -0.484. The zero-order chi connectivity index (χ0) is 10.1. The summed E-state index contributed by atoms with van der Waals surface area (Å²) in [6, 6.07) is 0. The van der Waals surface area contributed by atoms with Gasteiger partial charge in [0.05, 0.1) is 4.92 Å². The maximum absolute atomic E-state index is 12.4. The second-order valence-corrected chi connectivity index (χ2v) is 1.57. The van der Waals surface area contributed by atoms with Gasteiger partial charge in [-0.1, -0.05) is 13.8 Å². The topological polar surface area (TPSA) is 43.1 Å². The lowest BCUT2D eigenvalue weighted by Crippen LogP contribution is -1.98. The standard InChI is InChI=1S/C6H8FNO2.C2H6/c1-3-5(7)6(4-2)8(9)10;1-2/h3-4H,1-2H3;1-2H3/b5-3+,6-4+;. The summed E-state index contributed by atoms with van der Waals surface area (Å²) in [6.45, 7) is 6.82. The van der Waals surface area contributed by atoms with Gasteiger partial charge in [0.15, 0.2) is 5.83 Å². The van der Waals surface area contributed by atoms with Gasteiger partial charge in [0.25, 0.3) is 5.70 Å². The Morgan fingerprint density at radius 1 is 1.33 bits per heavy atom. The molecule has 0 saturated carbocycles. The molecule has 0 amide bonds. The SMILES string of the molecule is C/C=C(F)\C(=C/C)[N+](=O)[O-].CC. The summed E-state index contributed by atoms with van der Waals surface area (Å²) in [4.78, 5) is 9.23. The first-order chi connectivity index (χ1) is 5.63. The van der Waals surface area contributed by atoms with Crippen LogP contribution in [0, 0.1) is 10.1 Å². The number of nitro groups is 1. The van der Waals surface area contributed by atoms with E-state index in [4.69, 9.17) is 0 Å². The van der Waals surface area contributed by atoms with Crippen molar-refractivity contribution in [3.63, 3.8) is 0 Å². The highest BCUT2D eigenvalue weighted by Crippen LogP contribution is 2.10. The van der Waals surface area contributed by atoms with Crippen molar-refractivity contribution in [1.29, 1.82) is 0 Å². The van der Waals surface area contributed by atoms with E-state index >= 15 is 0 Å². The molecular formula is C8H14FNO2. The van der Waals surface area contributed by atoms with Crippen LogP contribution in [0.15, 0.2) is 23.7 Å². The summed E-state index contributed by atoms with van der Waals surface area (Å²) in [6.07, 6.45) is 2.17. The quantitative estimate of drug-likeness (QED) is 0.367. The van der Waals surface area contributed by atoms with E-state index in [1.54, 1.807) is 0 Å². The van der Waals surface area contributed by atoms with E-state index in [0.717, 1.165) is 12.2 Å². The molecule has 0 aliphatic rings. The van der Waals surface area contributed by atoms with Gasteiger partial charge in [0.2, 0.25) is 0 Å². The molecule has 0 atom stereocenters. The highest BCUT2D eigenvalue weighted by molar-refractivity contribution is 5.16. The molecule has 70 valence electrons. The van der Waals surface area contributed by atoms with Gasteiger partial charge in [0.1, 0.15) is 0 Å². The van der Waals surface area contributed by atoms with Crippen molar-refractivity contribution in [3.05, 3.63) is 33.8 Å². The van der Waals surface area contributed by atoms with E-state index in [0.29, 0.717) is 0 Å². The first-order valence-electron chi connectivity index (χ1n) is 3.76. The van der Waals surface area contributed by atoms with Crippen LogP contribution in [-0.4, -0.2) is 4.92 Å². The molecule has 0 rings (SSSR count). The van der Waals surface area contributed by atoms with Crippen molar-refractivity contribution in [1.82, 2.24) is 0 Å². The minimum Gasteiger partial charge on any atom is -0.258 e. The molecule has 0 spiro atoms. The molecule has 0 aliphatic heterocycles. The molecule has 4 heteroatoms. The third kappa shape index (κ3) is 4.60. The Morgan fingerprint density at radius 2 is 1.75 bits per heavy atom. The highest BCUT2D eigenvalue weighted by Gasteiger charge is 2.13. The summed E-state index contributed by atoms with van der Waals surface area (Å²) < 4.78 is 12.4. The number of halogens is 1. The van der Waals surface area contributed by atoms with Crippen molar-refractivity contribution in [3.8, 4) is 0 Å². The summed E-state index contributed by atoms with van der Waals surface area (Å²) in [7, 11) is 0. The lowest BCUT2D eigenvalue weighted by atomic mass is 10.3. The molecule has 0 radical (unpaired) electrons.